The molecule has 0 aliphatic heterocycles. The zero-order valence-electron chi connectivity index (χ0n) is 17.1. The molecular formula is C24H26O5PS+. The molecule has 0 unspecified atom stereocenters. The third kappa shape index (κ3) is 5.59. The summed E-state index contributed by atoms with van der Waals surface area (Å²) in [6, 6.07) is 26.7. The van der Waals surface area contributed by atoms with E-state index >= 15 is 0 Å². The highest BCUT2D eigenvalue weighted by molar-refractivity contribution is 7.95. The van der Waals surface area contributed by atoms with Crippen molar-refractivity contribution in [3.8, 4) is 0 Å². The summed E-state index contributed by atoms with van der Waals surface area (Å²) in [5.74, 6) is -0.798. The molecule has 0 spiro atoms. The van der Waals surface area contributed by atoms with Crippen molar-refractivity contribution in [1.29, 1.82) is 0 Å². The lowest BCUT2D eigenvalue weighted by atomic mass is 10.2. The summed E-state index contributed by atoms with van der Waals surface area (Å²) >= 11 is 0. The summed E-state index contributed by atoms with van der Waals surface area (Å²) in [5, 5.41) is 12.0. The average Bonchev–Trinajstić information content (AvgIpc) is 2.77. The number of carboxylic acid groups (broad SMARTS) is 1. The van der Waals surface area contributed by atoms with Crippen LogP contribution in [0, 0.1) is 0 Å². The van der Waals surface area contributed by atoms with E-state index in [1.54, 1.807) is 12.1 Å². The normalized spacial score (nSPS) is 11.9. The molecule has 0 fully saturated rings. The van der Waals surface area contributed by atoms with Gasteiger partial charge in [-0.2, -0.15) is 8.42 Å². The second kappa shape index (κ2) is 10.2. The highest BCUT2D eigenvalue weighted by Crippen LogP contribution is 2.56. The van der Waals surface area contributed by atoms with Gasteiger partial charge in [-0.25, -0.2) is 0 Å². The van der Waals surface area contributed by atoms with Crippen molar-refractivity contribution in [1.82, 2.24) is 0 Å². The van der Waals surface area contributed by atoms with Gasteiger partial charge in [-0.3, -0.25) is 9.35 Å². The van der Waals surface area contributed by atoms with Crippen LogP contribution in [0.1, 0.15) is 25.7 Å². The fourth-order valence-electron chi connectivity index (χ4n) is 3.88. The molecule has 3 rings (SSSR count). The predicted molar refractivity (Wildman–Crippen MR) is 126 cm³/mol. The first-order chi connectivity index (χ1) is 14.8. The summed E-state index contributed by atoms with van der Waals surface area (Å²) in [6.45, 7) is 0. The van der Waals surface area contributed by atoms with E-state index in [1.807, 2.05) is 42.5 Å². The van der Waals surface area contributed by atoms with Crippen molar-refractivity contribution in [3.05, 3.63) is 84.9 Å². The minimum atomic E-state index is -4.34. The third-order valence-electron chi connectivity index (χ3n) is 5.33. The molecule has 3 aromatic rings. The summed E-state index contributed by atoms with van der Waals surface area (Å²) in [4.78, 5) is 10.8. The number of hydrogen-bond donors (Lipinski definition) is 2. The van der Waals surface area contributed by atoms with Crippen LogP contribution in [0.4, 0.5) is 0 Å². The van der Waals surface area contributed by atoms with E-state index in [1.165, 1.54) is 6.07 Å². The maximum atomic E-state index is 11.9. The van der Waals surface area contributed by atoms with Crippen molar-refractivity contribution in [2.45, 2.75) is 30.6 Å². The molecule has 0 aliphatic carbocycles. The van der Waals surface area contributed by atoms with Gasteiger partial charge in [0.15, 0.2) is 0 Å². The molecule has 0 atom stereocenters. The van der Waals surface area contributed by atoms with E-state index in [9.17, 15) is 17.8 Å². The monoisotopic (exact) mass is 457 g/mol. The van der Waals surface area contributed by atoms with E-state index < -0.39 is 23.3 Å². The Hall–Kier alpha value is -2.53. The molecule has 0 aromatic heterocycles. The second-order valence-corrected chi connectivity index (χ2v) is 12.4. The zero-order valence-corrected chi connectivity index (χ0v) is 18.8. The topological polar surface area (TPSA) is 91.7 Å². The van der Waals surface area contributed by atoms with Crippen LogP contribution in [-0.2, 0) is 14.9 Å². The van der Waals surface area contributed by atoms with Gasteiger partial charge in [-0.1, -0.05) is 42.5 Å². The van der Waals surface area contributed by atoms with E-state index in [2.05, 4.69) is 24.3 Å². The molecule has 0 aliphatic rings. The van der Waals surface area contributed by atoms with Crippen LogP contribution < -0.4 is 15.9 Å². The number of benzene rings is 3. The summed E-state index contributed by atoms with van der Waals surface area (Å²) in [5.41, 5.74) is 0. The van der Waals surface area contributed by atoms with Crippen LogP contribution in [-0.4, -0.2) is 30.2 Å². The van der Waals surface area contributed by atoms with Crippen molar-refractivity contribution >= 4 is 39.3 Å². The first-order valence-electron chi connectivity index (χ1n) is 10.1. The average molecular weight is 458 g/mol. The van der Waals surface area contributed by atoms with Crippen LogP contribution in [0.5, 0.6) is 0 Å². The van der Waals surface area contributed by atoms with Gasteiger partial charge in [-0.15, -0.1) is 0 Å². The van der Waals surface area contributed by atoms with Crippen LogP contribution in [0.2, 0.25) is 0 Å². The lowest BCUT2D eigenvalue weighted by Crippen LogP contribution is -2.33. The second-order valence-electron chi connectivity index (χ2n) is 7.38. The Bertz CT molecular complexity index is 1080. The van der Waals surface area contributed by atoms with Gasteiger partial charge in [0.2, 0.25) is 0 Å². The van der Waals surface area contributed by atoms with Crippen LogP contribution in [0.25, 0.3) is 0 Å². The Morgan fingerprint density at radius 1 is 0.742 bits per heavy atom. The molecule has 31 heavy (non-hydrogen) atoms. The lowest BCUT2D eigenvalue weighted by Gasteiger charge is -2.28. The van der Waals surface area contributed by atoms with Gasteiger partial charge < -0.3 is 5.11 Å². The first-order valence-corrected chi connectivity index (χ1v) is 13.5. The molecule has 5 nitrogen and oxygen atoms in total. The lowest BCUT2D eigenvalue weighted by molar-refractivity contribution is -0.137. The van der Waals surface area contributed by atoms with Gasteiger partial charge in [0, 0.05) is 12.5 Å². The molecule has 0 saturated heterocycles. The maximum absolute atomic E-state index is 11.9. The van der Waals surface area contributed by atoms with Gasteiger partial charge >= 0.3 is 5.97 Å². The molecule has 0 bridgehead atoms. The standard InChI is InChI=1S/C24H25O5PS/c25-24(26)17-8-3-9-18-30(20-11-4-1-5-12-20,21-13-6-2-7-14-21)22-15-10-16-23(19-22)31(27,28)29/h1-2,4-7,10-16,19H,3,8-9,17-18H2,(H-,25,26,27,28,29)/p+1. The highest BCUT2D eigenvalue weighted by Gasteiger charge is 2.45. The van der Waals surface area contributed by atoms with E-state index in [0.717, 1.165) is 34.9 Å². The molecular weight excluding hydrogens is 431 g/mol. The Balaban J connectivity index is 2.15. The van der Waals surface area contributed by atoms with Gasteiger partial charge in [0.1, 0.15) is 23.2 Å². The number of unbranched alkanes of at least 4 members (excludes halogenated alkanes) is 2. The van der Waals surface area contributed by atoms with Crippen LogP contribution in [0.15, 0.2) is 89.8 Å². The minimum absolute atomic E-state index is 0.118. The molecule has 3 aromatic carbocycles. The Morgan fingerprint density at radius 2 is 1.29 bits per heavy atom. The largest absolute Gasteiger partial charge is 0.481 e. The molecule has 0 amide bonds. The van der Waals surface area contributed by atoms with Gasteiger partial charge in [0.05, 0.1) is 11.1 Å². The number of carbonyl (C=O) groups is 1. The molecule has 2 N–H and O–H groups in total. The van der Waals surface area contributed by atoms with Gasteiger partial charge in [0.25, 0.3) is 10.1 Å². The molecule has 7 heteroatoms. The van der Waals surface area contributed by atoms with Crippen molar-refractivity contribution in [3.63, 3.8) is 0 Å². The quantitative estimate of drug-likeness (QED) is 0.274. The SMILES string of the molecule is O=C(O)CCCCC[P+](c1ccccc1)(c1ccccc1)c1cccc(S(=O)(=O)O)c1. The van der Waals surface area contributed by atoms with Crippen molar-refractivity contribution < 1.29 is 22.9 Å². The number of hydrogen-bond acceptors (Lipinski definition) is 3. The third-order valence-corrected chi connectivity index (χ3v) is 10.7. The molecule has 0 saturated carbocycles. The Labute approximate surface area is 183 Å². The molecule has 162 valence electrons. The minimum Gasteiger partial charge on any atom is -0.481 e. The predicted octanol–water partition coefficient (Wildman–Crippen LogP) is 3.87. The maximum Gasteiger partial charge on any atom is 0.303 e. The Kier molecular flexibility index (Phi) is 7.60. The van der Waals surface area contributed by atoms with E-state index in [-0.39, 0.29) is 11.3 Å². The summed E-state index contributed by atoms with van der Waals surface area (Å²) in [7, 11) is -6.57. The smallest absolute Gasteiger partial charge is 0.303 e. The molecule has 0 radical (unpaired) electrons. The fourth-order valence-corrected chi connectivity index (χ4v) is 8.93. The summed E-state index contributed by atoms with van der Waals surface area (Å²) in [6.07, 6.45) is 3.09. The van der Waals surface area contributed by atoms with Crippen LogP contribution >= 0.6 is 7.26 Å². The van der Waals surface area contributed by atoms with Crippen molar-refractivity contribution in [2.75, 3.05) is 6.16 Å². The highest BCUT2D eigenvalue weighted by atomic mass is 32.2. The van der Waals surface area contributed by atoms with E-state index in [4.69, 9.17) is 5.11 Å². The van der Waals surface area contributed by atoms with Crippen LogP contribution in [0.3, 0.4) is 0 Å². The van der Waals surface area contributed by atoms with E-state index in [0.29, 0.717) is 6.42 Å². The fraction of sp³-hybridized carbons (Fsp3) is 0.208. The molecule has 0 heterocycles. The first kappa shape index (κ1) is 23.1. The number of rotatable bonds is 10. The van der Waals surface area contributed by atoms with Crippen molar-refractivity contribution in [2.24, 2.45) is 0 Å². The number of carboxylic acids is 1. The van der Waals surface area contributed by atoms with Gasteiger partial charge in [-0.05, 0) is 55.7 Å². The Morgan fingerprint density at radius 3 is 1.81 bits per heavy atom. The summed E-state index contributed by atoms with van der Waals surface area (Å²) < 4.78 is 33.4. The zero-order chi connectivity index (χ0) is 22.3. The number of aliphatic carboxylic acids is 1.